The molecule has 0 saturated heterocycles. The summed E-state index contributed by atoms with van der Waals surface area (Å²) in [5.41, 5.74) is 0. The Labute approximate surface area is 128 Å². The quantitative estimate of drug-likeness (QED) is 0.381. The standard InChI is InChI=1S/C19H39N/c1-3-4-5-6-7-8-9-10-11-12-14-18(2)17-20-19-15-13-16-19/h18-20H,3-17H2,1-2H3. The Morgan fingerprint density at radius 1 is 0.850 bits per heavy atom. The predicted octanol–water partition coefficient (Wildman–Crippen LogP) is 6.08. The van der Waals surface area contributed by atoms with Crippen molar-refractivity contribution in [2.24, 2.45) is 5.92 Å². The average Bonchev–Trinajstić information content (AvgIpc) is 2.39. The first-order valence-corrected chi connectivity index (χ1v) is 9.56. The average molecular weight is 282 g/mol. The lowest BCUT2D eigenvalue weighted by molar-refractivity contribution is 0.314. The van der Waals surface area contributed by atoms with E-state index in [-0.39, 0.29) is 0 Å². The van der Waals surface area contributed by atoms with Gasteiger partial charge in [-0.15, -0.1) is 0 Å². The summed E-state index contributed by atoms with van der Waals surface area (Å²) in [5.74, 6) is 0.879. The van der Waals surface area contributed by atoms with Gasteiger partial charge in [0.05, 0.1) is 0 Å². The molecule has 0 amide bonds. The molecule has 120 valence electrons. The van der Waals surface area contributed by atoms with Gasteiger partial charge in [-0.05, 0) is 31.7 Å². The molecule has 0 aromatic carbocycles. The van der Waals surface area contributed by atoms with E-state index in [9.17, 15) is 0 Å². The minimum Gasteiger partial charge on any atom is -0.314 e. The fourth-order valence-corrected chi connectivity index (χ4v) is 3.06. The first-order chi connectivity index (χ1) is 9.83. The fourth-order valence-electron chi connectivity index (χ4n) is 3.06. The molecule has 1 aliphatic carbocycles. The molecule has 0 aromatic rings. The molecule has 1 heteroatoms. The number of hydrogen-bond donors (Lipinski definition) is 1. The third-order valence-electron chi connectivity index (χ3n) is 4.91. The van der Waals surface area contributed by atoms with Crippen LogP contribution in [0.25, 0.3) is 0 Å². The molecule has 0 aromatic heterocycles. The molecule has 20 heavy (non-hydrogen) atoms. The summed E-state index contributed by atoms with van der Waals surface area (Å²) in [6, 6.07) is 0.866. The van der Waals surface area contributed by atoms with Gasteiger partial charge in [0.1, 0.15) is 0 Å². The third-order valence-corrected chi connectivity index (χ3v) is 4.91. The Bertz CT molecular complexity index is 198. The van der Waals surface area contributed by atoms with E-state index in [2.05, 4.69) is 19.2 Å². The molecule has 0 spiro atoms. The van der Waals surface area contributed by atoms with Crippen LogP contribution in [0.3, 0.4) is 0 Å². The fraction of sp³-hybridized carbons (Fsp3) is 1.00. The largest absolute Gasteiger partial charge is 0.314 e. The van der Waals surface area contributed by atoms with Crippen LogP contribution >= 0.6 is 0 Å². The molecule has 0 radical (unpaired) electrons. The van der Waals surface area contributed by atoms with Gasteiger partial charge in [-0.1, -0.05) is 84.5 Å². The SMILES string of the molecule is CCCCCCCCCCCCC(C)CNC1CCC1. The Morgan fingerprint density at radius 3 is 1.90 bits per heavy atom. The van der Waals surface area contributed by atoms with E-state index in [1.54, 1.807) is 0 Å². The van der Waals surface area contributed by atoms with Crippen molar-refractivity contribution >= 4 is 0 Å². The normalized spacial score (nSPS) is 17.1. The van der Waals surface area contributed by atoms with Gasteiger partial charge in [0, 0.05) is 6.04 Å². The lowest BCUT2D eigenvalue weighted by Gasteiger charge is -2.28. The van der Waals surface area contributed by atoms with E-state index in [0.29, 0.717) is 0 Å². The number of hydrogen-bond acceptors (Lipinski definition) is 1. The molecule has 1 N–H and O–H groups in total. The molecule has 0 heterocycles. The molecule has 1 aliphatic rings. The van der Waals surface area contributed by atoms with Crippen molar-refractivity contribution in [3.8, 4) is 0 Å². The summed E-state index contributed by atoms with van der Waals surface area (Å²) < 4.78 is 0. The number of nitrogens with one attached hydrogen (secondary N) is 1. The molecular weight excluding hydrogens is 242 g/mol. The van der Waals surface area contributed by atoms with E-state index in [1.807, 2.05) is 0 Å². The molecule has 1 atom stereocenters. The van der Waals surface area contributed by atoms with Crippen molar-refractivity contribution in [2.75, 3.05) is 6.54 Å². The van der Waals surface area contributed by atoms with Crippen LogP contribution in [0.1, 0.15) is 104 Å². The number of rotatable bonds is 14. The molecule has 1 fully saturated rings. The summed E-state index contributed by atoms with van der Waals surface area (Å²) in [7, 11) is 0. The Kier molecular flexibility index (Phi) is 11.4. The smallest absolute Gasteiger partial charge is 0.00671 e. The van der Waals surface area contributed by atoms with E-state index in [0.717, 1.165) is 12.0 Å². The highest BCUT2D eigenvalue weighted by molar-refractivity contribution is 4.76. The Morgan fingerprint density at radius 2 is 1.40 bits per heavy atom. The maximum Gasteiger partial charge on any atom is 0.00671 e. The highest BCUT2D eigenvalue weighted by Crippen LogP contribution is 2.19. The lowest BCUT2D eigenvalue weighted by Crippen LogP contribution is -2.37. The van der Waals surface area contributed by atoms with Crippen LogP contribution in [0.4, 0.5) is 0 Å². The van der Waals surface area contributed by atoms with Crippen LogP contribution in [-0.4, -0.2) is 12.6 Å². The van der Waals surface area contributed by atoms with Gasteiger partial charge in [-0.3, -0.25) is 0 Å². The minimum atomic E-state index is 0.866. The zero-order chi connectivity index (χ0) is 14.5. The van der Waals surface area contributed by atoms with Crippen molar-refractivity contribution in [3.63, 3.8) is 0 Å². The van der Waals surface area contributed by atoms with Gasteiger partial charge in [0.2, 0.25) is 0 Å². The van der Waals surface area contributed by atoms with E-state index < -0.39 is 0 Å². The van der Waals surface area contributed by atoms with Crippen LogP contribution in [0.5, 0.6) is 0 Å². The number of unbranched alkanes of at least 4 members (excludes halogenated alkanes) is 9. The summed E-state index contributed by atoms with van der Waals surface area (Å²) >= 11 is 0. The lowest BCUT2D eigenvalue weighted by atomic mass is 9.92. The Balaban J connectivity index is 1.72. The van der Waals surface area contributed by atoms with Crippen molar-refractivity contribution < 1.29 is 0 Å². The highest BCUT2D eigenvalue weighted by atomic mass is 14.9. The van der Waals surface area contributed by atoms with Gasteiger partial charge in [0.25, 0.3) is 0 Å². The second-order valence-electron chi connectivity index (χ2n) is 7.11. The van der Waals surface area contributed by atoms with Crippen LogP contribution in [-0.2, 0) is 0 Å². The summed E-state index contributed by atoms with van der Waals surface area (Å²) in [5, 5.41) is 3.70. The zero-order valence-corrected chi connectivity index (χ0v) is 14.3. The van der Waals surface area contributed by atoms with Gasteiger partial charge in [-0.2, -0.15) is 0 Å². The van der Waals surface area contributed by atoms with Crippen LogP contribution in [0.15, 0.2) is 0 Å². The molecule has 1 nitrogen and oxygen atoms in total. The molecule has 0 aliphatic heterocycles. The minimum absolute atomic E-state index is 0.866. The van der Waals surface area contributed by atoms with Crippen LogP contribution < -0.4 is 5.32 Å². The Hall–Kier alpha value is -0.0400. The summed E-state index contributed by atoms with van der Waals surface area (Å²) in [4.78, 5) is 0. The van der Waals surface area contributed by atoms with Crippen molar-refractivity contribution in [1.29, 1.82) is 0 Å². The van der Waals surface area contributed by atoms with Crippen LogP contribution in [0, 0.1) is 5.92 Å². The molecule has 0 bridgehead atoms. The van der Waals surface area contributed by atoms with Crippen LogP contribution in [0.2, 0.25) is 0 Å². The highest BCUT2D eigenvalue weighted by Gasteiger charge is 2.16. The monoisotopic (exact) mass is 281 g/mol. The summed E-state index contributed by atoms with van der Waals surface area (Å²) in [6.07, 6.45) is 20.3. The van der Waals surface area contributed by atoms with Crippen molar-refractivity contribution in [1.82, 2.24) is 5.32 Å². The molecule has 1 unspecified atom stereocenters. The summed E-state index contributed by atoms with van der Waals surface area (Å²) in [6.45, 7) is 5.96. The van der Waals surface area contributed by atoms with Gasteiger partial charge < -0.3 is 5.32 Å². The first-order valence-electron chi connectivity index (χ1n) is 9.56. The molecule has 1 rings (SSSR count). The van der Waals surface area contributed by atoms with Gasteiger partial charge >= 0.3 is 0 Å². The third kappa shape index (κ3) is 9.80. The zero-order valence-electron chi connectivity index (χ0n) is 14.3. The topological polar surface area (TPSA) is 12.0 Å². The molecular formula is C19H39N. The molecule has 1 saturated carbocycles. The predicted molar refractivity (Wildman–Crippen MR) is 91.3 cm³/mol. The second kappa shape index (κ2) is 12.7. The maximum absolute atomic E-state index is 3.70. The van der Waals surface area contributed by atoms with Gasteiger partial charge in [0.15, 0.2) is 0 Å². The van der Waals surface area contributed by atoms with Gasteiger partial charge in [-0.25, -0.2) is 0 Å². The van der Waals surface area contributed by atoms with E-state index in [1.165, 1.54) is 96.4 Å². The van der Waals surface area contributed by atoms with E-state index >= 15 is 0 Å². The van der Waals surface area contributed by atoms with Crippen molar-refractivity contribution in [2.45, 2.75) is 110 Å². The van der Waals surface area contributed by atoms with E-state index in [4.69, 9.17) is 0 Å². The first kappa shape index (κ1) is 18.0. The second-order valence-corrected chi connectivity index (χ2v) is 7.11. The van der Waals surface area contributed by atoms with Crippen molar-refractivity contribution in [3.05, 3.63) is 0 Å². The maximum atomic E-state index is 3.70.